The molecule has 0 amide bonds. The highest BCUT2D eigenvalue weighted by Crippen LogP contribution is 2.31. The van der Waals surface area contributed by atoms with Gasteiger partial charge in [-0.2, -0.15) is 0 Å². The average molecular weight is 273 g/mol. The Morgan fingerprint density at radius 1 is 1.25 bits per heavy atom. The number of non-ortho nitro benzene ring substituents is 1. The lowest BCUT2D eigenvalue weighted by Crippen LogP contribution is -1.98. The van der Waals surface area contributed by atoms with Gasteiger partial charge in [0.15, 0.2) is 0 Å². The van der Waals surface area contributed by atoms with Crippen LogP contribution in [0.5, 0.6) is 5.75 Å². The van der Waals surface area contributed by atoms with E-state index in [1.165, 1.54) is 12.1 Å². The van der Waals surface area contributed by atoms with Gasteiger partial charge in [-0.15, -0.1) is 0 Å². The van der Waals surface area contributed by atoms with E-state index in [1.807, 2.05) is 25.1 Å². The summed E-state index contributed by atoms with van der Waals surface area (Å²) in [5, 5.41) is 13.9. The van der Waals surface area contributed by atoms with Crippen LogP contribution in [0.3, 0.4) is 0 Å². The number of nitro benzene ring substituents is 1. The molecule has 0 aromatic heterocycles. The van der Waals surface area contributed by atoms with Crippen molar-refractivity contribution < 1.29 is 9.66 Å². The lowest BCUT2D eigenvalue weighted by atomic mass is 10.2. The standard InChI is InChI=1S/C14H15N3O3/c1-9-3-4-14(20-2)13(5-9)16-11-6-10(15)7-12(8-11)17(18)19/h3-8,16H,15H2,1-2H3. The van der Waals surface area contributed by atoms with Gasteiger partial charge < -0.3 is 15.8 Å². The first-order valence-corrected chi connectivity index (χ1v) is 5.96. The highest BCUT2D eigenvalue weighted by molar-refractivity contribution is 5.71. The van der Waals surface area contributed by atoms with E-state index in [4.69, 9.17) is 10.5 Å². The summed E-state index contributed by atoms with van der Waals surface area (Å²) in [5.74, 6) is 0.653. The third-order valence-electron chi connectivity index (χ3n) is 2.78. The maximum absolute atomic E-state index is 10.8. The predicted molar refractivity (Wildman–Crippen MR) is 78.5 cm³/mol. The number of anilines is 3. The van der Waals surface area contributed by atoms with E-state index in [2.05, 4.69) is 5.32 Å². The molecular formula is C14H15N3O3. The molecule has 3 N–H and O–H groups in total. The first-order chi connectivity index (χ1) is 9.49. The molecule has 0 unspecified atom stereocenters. The zero-order valence-electron chi connectivity index (χ0n) is 11.2. The summed E-state index contributed by atoms with van der Waals surface area (Å²) >= 11 is 0. The number of benzene rings is 2. The Balaban J connectivity index is 2.39. The van der Waals surface area contributed by atoms with Crippen LogP contribution in [-0.4, -0.2) is 12.0 Å². The minimum Gasteiger partial charge on any atom is -0.495 e. The van der Waals surface area contributed by atoms with E-state index in [0.29, 0.717) is 17.1 Å². The molecule has 0 radical (unpaired) electrons. The second kappa shape index (κ2) is 5.48. The summed E-state index contributed by atoms with van der Waals surface area (Å²) in [6, 6.07) is 10.0. The minimum absolute atomic E-state index is 0.0564. The predicted octanol–water partition coefficient (Wildman–Crippen LogP) is 3.24. The summed E-state index contributed by atoms with van der Waals surface area (Å²) in [5.41, 5.74) is 8.27. The van der Waals surface area contributed by atoms with E-state index in [0.717, 1.165) is 11.3 Å². The van der Waals surface area contributed by atoms with Gasteiger partial charge in [-0.25, -0.2) is 0 Å². The largest absolute Gasteiger partial charge is 0.495 e. The highest BCUT2D eigenvalue weighted by atomic mass is 16.6. The minimum atomic E-state index is -0.477. The van der Waals surface area contributed by atoms with Crippen molar-refractivity contribution >= 4 is 22.7 Å². The smallest absolute Gasteiger partial charge is 0.273 e. The van der Waals surface area contributed by atoms with Gasteiger partial charge in [-0.3, -0.25) is 10.1 Å². The van der Waals surface area contributed by atoms with Crippen molar-refractivity contribution in [3.8, 4) is 5.75 Å². The number of nitrogen functional groups attached to an aromatic ring is 1. The molecule has 6 heteroatoms. The van der Waals surface area contributed by atoms with E-state index in [9.17, 15) is 10.1 Å². The normalized spacial score (nSPS) is 10.1. The molecule has 0 saturated carbocycles. The van der Waals surface area contributed by atoms with E-state index >= 15 is 0 Å². The summed E-state index contributed by atoms with van der Waals surface area (Å²) < 4.78 is 5.25. The topological polar surface area (TPSA) is 90.4 Å². The van der Waals surface area contributed by atoms with Gasteiger partial charge in [0.05, 0.1) is 17.7 Å². The van der Waals surface area contributed by atoms with Crippen LogP contribution < -0.4 is 15.8 Å². The summed E-state index contributed by atoms with van der Waals surface area (Å²) in [6.45, 7) is 1.95. The molecule has 0 atom stereocenters. The number of nitrogens with zero attached hydrogens (tertiary/aromatic N) is 1. The molecule has 2 aromatic rings. The van der Waals surface area contributed by atoms with Crippen LogP contribution >= 0.6 is 0 Å². The molecule has 6 nitrogen and oxygen atoms in total. The SMILES string of the molecule is COc1ccc(C)cc1Nc1cc(N)cc([N+](=O)[O-])c1. The Bertz CT molecular complexity index is 656. The van der Waals surface area contributed by atoms with Crippen molar-refractivity contribution in [2.45, 2.75) is 6.92 Å². The Morgan fingerprint density at radius 2 is 2.00 bits per heavy atom. The molecule has 0 spiro atoms. The Labute approximate surface area is 116 Å². The summed E-state index contributed by atoms with van der Waals surface area (Å²) in [7, 11) is 1.57. The van der Waals surface area contributed by atoms with E-state index in [1.54, 1.807) is 13.2 Å². The first-order valence-electron chi connectivity index (χ1n) is 5.96. The van der Waals surface area contributed by atoms with Crippen molar-refractivity contribution in [3.05, 3.63) is 52.1 Å². The Hall–Kier alpha value is -2.76. The molecule has 20 heavy (non-hydrogen) atoms. The van der Waals surface area contributed by atoms with Crippen molar-refractivity contribution in [2.75, 3.05) is 18.2 Å². The van der Waals surface area contributed by atoms with E-state index < -0.39 is 4.92 Å². The van der Waals surface area contributed by atoms with Crippen molar-refractivity contribution in [2.24, 2.45) is 0 Å². The molecule has 0 aliphatic rings. The number of ether oxygens (including phenoxy) is 1. The molecule has 0 aliphatic heterocycles. The molecule has 2 aromatic carbocycles. The second-order valence-electron chi connectivity index (χ2n) is 4.40. The van der Waals surface area contributed by atoms with Crippen LogP contribution in [0.1, 0.15) is 5.56 Å². The van der Waals surface area contributed by atoms with Crippen molar-refractivity contribution in [3.63, 3.8) is 0 Å². The second-order valence-corrected chi connectivity index (χ2v) is 4.40. The van der Waals surface area contributed by atoms with Crippen molar-refractivity contribution in [1.29, 1.82) is 0 Å². The maximum Gasteiger partial charge on any atom is 0.273 e. The Kier molecular flexibility index (Phi) is 3.74. The zero-order chi connectivity index (χ0) is 14.7. The number of nitrogens with two attached hydrogens (primary N) is 1. The number of nitrogens with one attached hydrogen (secondary N) is 1. The molecule has 0 bridgehead atoms. The van der Waals surface area contributed by atoms with Crippen LogP contribution in [-0.2, 0) is 0 Å². The fourth-order valence-corrected chi connectivity index (χ4v) is 1.89. The number of hydrogen-bond acceptors (Lipinski definition) is 5. The highest BCUT2D eigenvalue weighted by Gasteiger charge is 2.10. The third-order valence-corrected chi connectivity index (χ3v) is 2.78. The molecular weight excluding hydrogens is 258 g/mol. The lowest BCUT2D eigenvalue weighted by Gasteiger charge is -2.12. The molecule has 0 aliphatic carbocycles. The molecule has 0 fully saturated rings. The number of rotatable bonds is 4. The first kappa shape index (κ1) is 13.7. The number of methoxy groups -OCH3 is 1. The quantitative estimate of drug-likeness (QED) is 0.507. The van der Waals surface area contributed by atoms with Gasteiger partial charge in [0.25, 0.3) is 5.69 Å². The van der Waals surface area contributed by atoms with Gasteiger partial charge in [-0.1, -0.05) is 6.07 Å². The van der Waals surface area contributed by atoms with Crippen LogP contribution in [0.15, 0.2) is 36.4 Å². The molecule has 0 saturated heterocycles. The van der Waals surface area contributed by atoms with Gasteiger partial charge in [0.2, 0.25) is 0 Å². The van der Waals surface area contributed by atoms with Gasteiger partial charge in [0.1, 0.15) is 5.75 Å². The zero-order valence-corrected chi connectivity index (χ0v) is 11.2. The maximum atomic E-state index is 10.8. The van der Waals surface area contributed by atoms with Gasteiger partial charge >= 0.3 is 0 Å². The Morgan fingerprint density at radius 3 is 2.65 bits per heavy atom. The fraction of sp³-hybridized carbons (Fsp3) is 0.143. The number of nitro groups is 1. The van der Waals surface area contributed by atoms with Crippen LogP contribution in [0.4, 0.5) is 22.7 Å². The summed E-state index contributed by atoms with van der Waals surface area (Å²) in [6.07, 6.45) is 0. The van der Waals surface area contributed by atoms with Gasteiger partial charge in [0, 0.05) is 23.5 Å². The van der Waals surface area contributed by atoms with Crippen LogP contribution in [0, 0.1) is 17.0 Å². The molecule has 0 heterocycles. The van der Waals surface area contributed by atoms with Crippen LogP contribution in [0.2, 0.25) is 0 Å². The lowest BCUT2D eigenvalue weighted by molar-refractivity contribution is -0.384. The number of hydrogen-bond donors (Lipinski definition) is 2. The third kappa shape index (κ3) is 2.97. The van der Waals surface area contributed by atoms with Crippen LogP contribution in [0.25, 0.3) is 0 Å². The summed E-state index contributed by atoms with van der Waals surface area (Å²) in [4.78, 5) is 10.4. The number of aryl methyl sites for hydroxylation is 1. The molecule has 104 valence electrons. The van der Waals surface area contributed by atoms with Crippen molar-refractivity contribution in [1.82, 2.24) is 0 Å². The monoisotopic (exact) mass is 273 g/mol. The average Bonchev–Trinajstić information content (AvgIpc) is 2.38. The fourth-order valence-electron chi connectivity index (χ4n) is 1.89. The molecule has 2 rings (SSSR count). The van der Waals surface area contributed by atoms with Gasteiger partial charge in [-0.05, 0) is 30.7 Å². The van der Waals surface area contributed by atoms with E-state index in [-0.39, 0.29) is 5.69 Å².